The number of hydrogen-bond acceptors (Lipinski definition) is 4. The van der Waals surface area contributed by atoms with Crippen molar-refractivity contribution >= 4 is 16.0 Å². The van der Waals surface area contributed by atoms with Gasteiger partial charge in [-0.15, -0.1) is 0 Å². The fraction of sp³-hybridized carbons (Fsp3) is 0.944. The molecule has 7 nitrogen and oxygen atoms in total. The molecule has 1 saturated heterocycles. The average molecular weight is 389 g/mol. The lowest BCUT2D eigenvalue weighted by molar-refractivity contribution is -0.133. The van der Waals surface area contributed by atoms with E-state index < -0.39 is 10.0 Å². The Morgan fingerprint density at radius 2 is 2.00 bits per heavy atom. The van der Waals surface area contributed by atoms with Crippen molar-refractivity contribution in [1.29, 1.82) is 0 Å². The number of rotatable bonds is 8. The first kappa shape index (κ1) is 21.4. The molecule has 3 atom stereocenters. The number of aliphatic imine (C=N–C) groups is 1. The molecule has 2 fully saturated rings. The first-order valence-corrected chi connectivity index (χ1v) is 11.7. The molecule has 26 heavy (non-hydrogen) atoms. The first-order chi connectivity index (χ1) is 12.3. The number of sulfonamides is 1. The lowest BCUT2D eigenvalue weighted by Crippen LogP contribution is -2.66. The molecule has 0 aromatic rings. The molecule has 2 aliphatic rings. The van der Waals surface area contributed by atoms with E-state index in [1.165, 1.54) is 6.26 Å². The number of nitrogens with zero attached hydrogens (tertiary/aromatic N) is 2. The van der Waals surface area contributed by atoms with Gasteiger partial charge in [-0.05, 0) is 39.0 Å². The van der Waals surface area contributed by atoms with Gasteiger partial charge in [-0.1, -0.05) is 13.8 Å². The van der Waals surface area contributed by atoms with Gasteiger partial charge in [0.05, 0.1) is 12.4 Å². The molecule has 2 unspecified atom stereocenters. The van der Waals surface area contributed by atoms with E-state index in [4.69, 9.17) is 4.74 Å². The van der Waals surface area contributed by atoms with E-state index in [0.29, 0.717) is 25.2 Å². The molecule has 0 radical (unpaired) electrons. The summed E-state index contributed by atoms with van der Waals surface area (Å²) >= 11 is 0. The Morgan fingerprint density at radius 3 is 2.54 bits per heavy atom. The molecule has 0 amide bonds. The smallest absolute Gasteiger partial charge is 0.211 e. The van der Waals surface area contributed by atoms with E-state index in [-0.39, 0.29) is 11.5 Å². The van der Waals surface area contributed by atoms with E-state index >= 15 is 0 Å². The minimum absolute atomic E-state index is 0.00298. The topological polar surface area (TPSA) is 83.0 Å². The third-order valence-corrected chi connectivity index (χ3v) is 7.59. The highest BCUT2D eigenvalue weighted by atomic mass is 32.2. The summed E-state index contributed by atoms with van der Waals surface area (Å²) in [6.45, 7) is 8.44. The molecule has 152 valence electrons. The van der Waals surface area contributed by atoms with Crippen molar-refractivity contribution in [3.63, 3.8) is 0 Å². The van der Waals surface area contributed by atoms with Crippen molar-refractivity contribution < 1.29 is 13.2 Å². The normalized spacial score (nSPS) is 29.4. The molecule has 2 N–H and O–H groups in total. The molecule has 0 aromatic heterocycles. The Hall–Kier alpha value is -0.860. The summed E-state index contributed by atoms with van der Waals surface area (Å²) in [6.07, 6.45) is 6.50. The predicted molar refractivity (Wildman–Crippen MR) is 106 cm³/mol. The molecular formula is C18H36N4O3S. The number of guanidine groups is 1. The maximum Gasteiger partial charge on any atom is 0.211 e. The van der Waals surface area contributed by atoms with Gasteiger partial charge in [0, 0.05) is 44.2 Å². The fourth-order valence-corrected chi connectivity index (χ4v) is 5.79. The van der Waals surface area contributed by atoms with Crippen molar-refractivity contribution in [1.82, 2.24) is 14.9 Å². The highest BCUT2D eigenvalue weighted by Crippen LogP contribution is 2.48. The zero-order valence-electron chi connectivity index (χ0n) is 16.9. The van der Waals surface area contributed by atoms with E-state index in [0.717, 1.165) is 44.7 Å². The summed E-state index contributed by atoms with van der Waals surface area (Å²) in [5, 5.41) is 6.89. The second-order valence-electron chi connectivity index (χ2n) is 7.44. The van der Waals surface area contributed by atoms with Crippen molar-refractivity contribution in [3.05, 3.63) is 0 Å². The van der Waals surface area contributed by atoms with Gasteiger partial charge < -0.3 is 15.4 Å². The van der Waals surface area contributed by atoms with Crippen LogP contribution in [0.3, 0.4) is 0 Å². The molecule has 8 heteroatoms. The van der Waals surface area contributed by atoms with Crippen LogP contribution in [0, 0.1) is 5.41 Å². The quantitative estimate of drug-likeness (QED) is 0.487. The monoisotopic (exact) mass is 388 g/mol. The maximum atomic E-state index is 11.9. The van der Waals surface area contributed by atoms with Crippen molar-refractivity contribution in [2.24, 2.45) is 10.4 Å². The summed E-state index contributed by atoms with van der Waals surface area (Å²) in [4.78, 5) is 4.35. The molecule has 2 rings (SSSR count). The van der Waals surface area contributed by atoms with E-state index in [2.05, 4.69) is 29.5 Å². The van der Waals surface area contributed by atoms with Crippen LogP contribution in [0.2, 0.25) is 0 Å². The van der Waals surface area contributed by atoms with Crippen molar-refractivity contribution in [3.8, 4) is 0 Å². The van der Waals surface area contributed by atoms with Crippen LogP contribution in [-0.4, -0.2) is 69.9 Å². The third kappa shape index (κ3) is 4.34. The Kier molecular flexibility index (Phi) is 7.33. The lowest BCUT2D eigenvalue weighted by atomic mass is 9.58. The molecule has 0 aromatic carbocycles. The van der Waals surface area contributed by atoms with Crippen molar-refractivity contribution in [2.45, 2.75) is 71.1 Å². The molecule has 1 saturated carbocycles. The van der Waals surface area contributed by atoms with Gasteiger partial charge in [-0.2, -0.15) is 4.31 Å². The Labute approximate surface area is 159 Å². The van der Waals surface area contributed by atoms with Crippen LogP contribution in [0.1, 0.15) is 52.9 Å². The van der Waals surface area contributed by atoms with Gasteiger partial charge in [0.1, 0.15) is 0 Å². The summed E-state index contributed by atoms with van der Waals surface area (Å²) < 4.78 is 31.3. The van der Waals surface area contributed by atoms with Crippen LogP contribution in [-0.2, 0) is 14.8 Å². The van der Waals surface area contributed by atoms with Crippen LogP contribution < -0.4 is 10.6 Å². The van der Waals surface area contributed by atoms with Crippen LogP contribution in [0.4, 0.5) is 0 Å². The average Bonchev–Trinajstić information content (AvgIpc) is 3.07. The molecule has 0 spiro atoms. The zero-order chi connectivity index (χ0) is 19.4. The Morgan fingerprint density at radius 1 is 1.31 bits per heavy atom. The second kappa shape index (κ2) is 8.89. The van der Waals surface area contributed by atoms with Crippen LogP contribution >= 0.6 is 0 Å². The fourth-order valence-electron chi connectivity index (χ4n) is 4.61. The van der Waals surface area contributed by atoms with E-state index in [1.807, 2.05) is 6.92 Å². The molecular weight excluding hydrogens is 352 g/mol. The standard InChI is InChI=1S/C18H36N4O3S/c1-6-18(7-2)15(12-16(18)25-8-3)21-17(19-4)20-13-14-10-9-11-22(14)26(5,23)24/h14-16H,6-13H2,1-5H3,(H2,19,20,21)/t14-,15?,16?/m1/s1. The highest BCUT2D eigenvalue weighted by Gasteiger charge is 2.53. The minimum Gasteiger partial charge on any atom is -0.378 e. The van der Waals surface area contributed by atoms with Gasteiger partial charge in [-0.3, -0.25) is 4.99 Å². The number of ether oxygens (including phenoxy) is 1. The van der Waals surface area contributed by atoms with Crippen LogP contribution in [0.15, 0.2) is 4.99 Å². The van der Waals surface area contributed by atoms with Crippen LogP contribution in [0.25, 0.3) is 0 Å². The predicted octanol–water partition coefficient (Wildman–Crippen LogP) is 1.56. The lowest BCUT2D eigenvalue weighted by Gasteiger charge is -2.55. The SMILES string of the molecule is CCOC1CC(NC(=NC)NC[C@H]2CCCN2S(C)(=O)=O)C1(CC)CC. The summed E-state index contributed by atoms with van der Waals surface area (Å²) in [5.41, 5.74) is 0.139. The molecule has 0 bridgehead atoms. The number of hydrogen-bond donors (Lipinski definition) is 2. The summed E-state index contributed by atoms with van der Waals surface area (Å²) in [5.74, 6) is 0.747. The third-order valence-electron chi connectivity index (χ3n) is 6.26. The number of nitrogens with one attached hydrogen (secondary N) is 2. The van der Waals surface area contributed by atoms with Gasteiger partial charge in [0.15, 0.2) is 5.96 Å². The zero-order valence-corrected chi connectivity index (χ0v) is 17.7. The van der Waals surface area contributed by atoms with Gasteiger partial charge in [0.25, 0.3) is 0 Å². The van der Waals surface area contributed by atoms with Gasteiger partial charge in [-0.25, -0.2) is 8.42 Å². The van der Waals surface area contributed by atoms with Crippen molar-refractivity contribution in [2.75, 3.05) is 33.0 Å². The minimum atomic E-state index is -3.15. The van der Waals surface area contributed by atoms with E-state index in [9.17, 15) is 8.42 Å². The highest BCUT2D eigenvalue weighted by molar-refractivity contribution is 7.88. The maximum absolute atomic E-state index is 11.9. The largest absolute Gasteiger partial charge is 0.378 e. The van der Waals surface area contributed by atoms with Gasteiger partial charge >= 0.3 is 0 Å². The summed E-state index contributed by atoms with van der Waals surface area (Å²) in [7, 11) is -1.39. The summed E-state index contributed by atoms with van der Waals surface area (Å²) in [6, 6.07) is 0.332. The molecule has 1 aliphatic heterocycles. The van der Waals surface area contributed by atoms with Gasteiger partial charge in [0.2, 0.25) is 10.0 Å². The Balaban J connectivity index is 1.94. The Bertz CT molecular complexity index is 589. The second-order valence-corrected chi connectivity index (χ2v) is 9.37. The molecule has 1 aliphatic carbocycles. The van der Waals surface area contributed by atoms with Crippen LogP contribution in [0.5, 0.6) is 0 Å². The van der Waals surface area contributed by atoms with E-state index in [1.54, 1.807) is 11.4 Å². The first-order valence-electron chi connectivity index (χ1n) is 9.87. The molecule has 1 heterocycles.